The number of rotatable bonds is 11. The summed E-state index contributed by atoms with van der Waals surface area (Å²) in [7, 11) is 0. The minimum atomic E-state index is -0.863. The normalized spacial score (nSPS) is 26.3. The van der Waals surface area contributed by atoms with E-state index < -0.39 is 18.4 Å². The van der Waals surface area contributed by atoms with Crippen LogP contribution in [0.25, 0.3) is 11.1 Å². The Labute approximate surface area is 326 Å². The minimum Gasteiger partial charge on any atom is -0.453 e. The molecule has 3 fully saturated rings. The second-order valence-corrected chi connectivity index (χ2v) is 16.8. The van der Waals surface area contributed by atoms with Crippen molar-refractivity contribution in [2.75, 3.05) is 6.54 Å². The number of ether oxygens (including phenoxy) is 3. The Balaban J connectivity index is 1.24. The van der Waals surface area contributed by atoms with Crippen LogP contribution in [0.1, 0.15) is 115 Å². The number of aliphatic hydroxyl groups excluding tert-OH is 1. The number of carbonyl (C=O) groups is 3. The van der Waals surface area contributed by atoms with Gasteiger partial charge in [0.1, 0.15) is 0 Å². The highest BCUT2D eigenvalue weighted by atomic mass is 16.7. The smallest absolute Gasteiger partial charge is 0.303 e. The van der Waals surface area contributed by atoms with E-state index in [9.17, 15) is 19.5 Å². The molecule has 3 aromatic carbocycles. The van der Waals surface area contributed by atoms with E-state index in [-0.39, 0.29) is 48.1 Å². The Morgan fingerprint density at radius 3 is 2.29 bits per heavy atom. The first-order chi connectivity index (χ1) is 26.3. The first-order valence-corrected chi connectivity index (χ1v) is 20.0. The fourth-order valence-electron chi connectivity index (χ4n) is 8.59. The van der Waals surface area contributed by atoms with E-state index in [0.717, 1.165) is 52.6 Å². The lowest BCUT2D eigenvalue weighted by Crippen LogP contribution is -2.61. The number of hydrogen-bond acceptors (Lipinski definition) is 8. The maximum atomic E-state index is 13.9. The first-order valence-electron chi connectivity index (χ1n) is 20.0. The van der Waals surface area contributed by atoms with Crippen molar-refractivity contribution in [3.8, 4) is 11.1 Å². The van der Waals surface area contributed by atoms with Gasteiger partial charge in [-0.2, -0.15) is 0 Å². The van der Waals surface area contributed by atoms with Gasteiger partial charge in [0.2, 0.25) is 5.91 Å². The van der Waals surface area contributed by atoms with Crippen molar-refractivity contribution in [2.45, 2.75) is 135 Å². The van der Waals surface area contributed by atoms with E-state index in [1.54, 1.807) is 6.92 Å². The summed E-state index contributed by atoms with van der Waals surface area (Å²) in [6.45, 7) is 12.1. The summed E-state index contributed by atoms with van der Waals surface area (Å²) < 4.78 is 18.8. The molecule has 1 saturated carbocycles. The number of likely N-dealkylation sites (tertiary alicyclic amines) is 1. The van der Waals surface area contributed by atoms with Crippen molar-refractivity contribution < 1.29 is 33.7 Å². The van der Waals surface area contributed by atoms with Crippen LogP contribution in [0.4, 0.5) is 0 Å². The molecule has 10 heteroatoms. The summed E-state index contributed by atoms with van der Waals surface area (Å²) in [5, 5.41) is 15.9. The molecular weight excluding hydrogens is 695 g/mol. The molecule has 1 aliphatic carbocycles. The molecule has 2 amide bonds. The molecule has 3 N–H and O–H groups in total. The summed E-state index contributed by atoms with van der Waals surface area (Å²) in [5.74, 6) is -0.168. The molecule has 0 spiro atoms. The van der Waals surface area contributed by atoms with Crippen LogP contribution in [0.2, 0.25) is 0 Å². The van der Waals surface area contributed by atoms with E-state index in [2.05, 4.69) is 34.6 Å². The predicted molar refractivity (Wildman–Crippen MR) is 211 cm³/mol. The summed E-state index contributed by atoms with van der Waals surface area (Å²) in [6.07, 6.45) is 4.69. The van der Waals surface area contributed by atoms with Crippen molar-refractivity contribution in [3.63, 3.8) is 0 Å². The molecule has 3 aliphatic rings. The molecule has 10 nitrogen and oxygen atoms in total. The SMILES string of the molecule is CC(=O)O[C@@H](C)C(=O)NCc1cccc(-c2ccc([C@@H]3O[C@H](CN4[C@@H](C(=O)NC(C)(C)C)CC[C@H]5CCCC[C@H]54)[C@H](C)[C@H](c4ccc(CO)cc4)O3)cc2)c1. The van der Waals surface area contributed by atoms with Gasteiger partial charge in [0, 0.05) is 43.1 Å². The first kappa shape index (κ1) is 40.6. The van der Waals surface area contributed by atoms with Crippen molar-refractivity contribution in [2.24, 2.45) is 11.8 Å². The Morgan fingerprint density at radius 2 is 1.60 bits per heavy atom. The molecule has 0 aromatic heterocycles. The summed E-state index contributed by atoms with van der Waals surface area (Å²) in [4.78, 5) is 40.0. The van der Waals surface area contributed by atoms with Crippen LogP contribution < -0.4 is 10.6 Å². The third kappa shape index (κ3) is 10.2. The van der Waals surface area contributed by atoms with Crippen molar-refractivity contribution in [1.82, 2.24) is 15.5 Å². The van der Waals surface area contributed by atoms with Gasteiger partial charge in [-0.05, 0) is 93.2 Å². The quantitative estimate of drug-likeness (QED) is 0.177. The molecule has 2 aliphatic heterocycles. The maximum absolute atomic E-state index is 13.9. The van der Waals surface area contributed by atoms with E-state index in [4.69, 9.17) is 14.2 Å². The Bertz CT molecular complexity index is 1770. The number of benzene rings is 3. The molecule has 296 valence electrons. The maximum Gasteiger partial charge on any atom is 0.303 e. The highest BCUT2D eigenvalue weighted by Crippen LogP contribution is 2.44. The van der Waals surface area contributed by atoms with Crippen LogP contribution in [0.3, 0.4) is 0 Å². The van der Waals surface area contributed by atoms with Crippen LogP contribution in [0.5, 0.6) is 0 Å². The van der Waals surface area contributed by atoms with Crippen LogP contribution in [0, 0.1) is 11.8 Å². The van der Waals surface area contributed by atoms with Gasteiger partial charge in [0.25, 0.3) is 5.91 Å². The number of nitrogens with zero attached hydrogens (tertiary/aromatic N) is 1. The van der Waals surface area contributed by atoms with Gasteiger partial charge in [-0.25, -0.2) is 0 Å². The highest BCUT2D eigenvalue weighted by molar-refractivity contribution is 5.83. The molecule has 55 heavy (non-hydrogen) atoms. The second kappa shape index (κ2) is 17.8. The zero-order valence-corrected chi connectivity index (χ0v) is 33.3. The molecule has 2 saturated heterocycles. The van der Waals surface area contributed by atoms with Crippen molar-refractivity contribution in [3.05, 3.63) is 95.1 Å². The fourth-order valence-corrected chi connectivity index (χ4v) is 8.59. The van der Waals surface area contributed by atoms with Gasteiger partial charge in [0.15, 0.2) is 12.4 Å². The van der Waals surface area contributed by atoms with Gasteiger partial charge in [-0.3, -0.25) is 19.3 Å². The Kier molecular flexibility index (Phi) is 13.1. The number of esters is 1. The largest absolute Gasteiger partial charge is 0.453 e. The highest BCUT2D eigenvalue weighted by Gasteiger charge is 2.46. The van der Waals surface area contributed by atoms with Crippen LogP contribution >= 0.6 is 0 Å². The van der Waals surface area contributed by atoms with Gasteiger partial charge >= 0.3 is 5.97 Å². The van der Waals surface area contributed by atoms with Gasteiger partial charge < -0.3 is 30.0 Å². The topological polar surface area (TPSA) is 126 Å². The number of amides is 2. The van der Waals surface area contributed by atoms with E-state index >= 15 is 0 Å². The number of nitrogens with one attached hydrogen (secondary N) is 2. The zero-order chi connectivity index (χ0) is 39.3. The molecule has 8 atom stereocenters. The average Bonchev–Trinajstić information content (AvgIpc) is 3.17. The number of carbonyl (C=O) groups excluding carboxylic acids is 3. The lowest BCUT2D eigenvalue weighted by Gasteiger charge is -2.51. The van der Waals surface area contributed by atoms with Crippen molar-refractivity contribution >= 4 is 17.8 Å². The molecule has 0 radical (unpaired) electrons. The minimum absolute atomic E-state index is 0.00830. The summed E-state index contributed by atoms with van der Waals surface area (Å²) in [6, 6.07) is 24.3. The standard InChI is InChI=1S/C45H59N3O7/c1-28-40(26-48-38-13-8-7-11-34(38)22-23-39(48)43(52)47-45(4,5)6)54-44(55-41(28)35-16-14-31(27-49)15-17-35)36-20-18-33(19-21-36)37-12-9-10-32(24-37)25-46-42(51)29(2)53-30(3)50/h9-10,12,14-21,24,28-29,34,38-41,44,49H,7-8,11,13,22-23,25-27H2,1-6H3,(H,46,51)(H,47,52)/t28-,29-,34+,38+,39+,40+,41+,44+/m0/s1. The zero-order valence-electron chi connectivity index (χ0n) is 33.3. The van der Waals surface area contributed by atoms with E-state index in [0.29, 0.717) is 25.0 Å². The van der Waals surface area contributed by atoms with Crippen LogP contribution in [-0.4, -0.2) is 64.2 Å². The average molecular weight is 754 g/mol. The lowest BCUT2D eigenvalue weighted by molar-refractivity contribution is -0.278. The lowest BCUT2D eigenvalue weighted by atomic mass is 9.75. The molecule has 3 aromatic rings. The van der Waals surface area contributed by atoms with E-state index in [1.165, 1.54) is 26.2 Å². The monoisotopic (exact) mass is 753 g/mol. The van der Waals surface area contributed by atoms with Gasteiger partial charge in [-0.15, -0.1) is 0 Å². The van der Waals surface area contributed by atoms with E-state index in [1.807, 2.05) is 81.4 Å². The van der Waals surface area contributed by atoms with Crippen molar-refractivity contribution in [1.29, 1.82) is 0 Å². The van der Waals surface area contributed by atoms with Gasteiger partial charge in [-0.1, -0.05) is 86.5 Å². The molecule has 6 rings (SSSR count). The summed E-state index contributed by atoms with van der Waals surface area (Å²) >= 11 is 0. The third-order valence-electron chi connectivity index (χ3n) is 11.4. The molecular formula is C45H59N3O7. The molecule has 0 bridgehead atoms. The Morgan fingerprint density at radius 1 is 0.891 bits per heavy atom. The van der Waals surface area contributed by atoms with Crippen LogP contribution in [0.15, 0.2) is 72.8 Å². The number of hydrogen-bond donors (Lipinski definition) is 3. The third-order valence-corrected chi connectivity index (χ3v) is 11.4. The van der Waals surface area contributed by atoms with Crippen LogP contribution in [-0.2, 0) is 41.7 Å². The fraction of sp³-hybridized carbons (Fsp3) is 0.533. The van der Waals surface area contributed by atoms with Gasteiger partial charge in [0.05, 0.1) is 24.9 Å². The Hall–Kier alpha value is -4.09. The number of aliphatic hydroxyl groups is 1. The predicted octanol–water partition coefficient (Wildman–Crippen LogP) is 7.14. The number of piperidine rings is 1. The summed E-state index contributed by atoms with van der Waals surface area (Å²) in [5.41, 5.74) is 5.38. The molecule has 2 heterocycles. The molecule has 0 unspecified atom stereocenters. The number of fused-ring (bicyclic) bond motifs is 1. The second-order valence-electron chi connectivity index (χ2n) is 16.8.